The molecule has 0 fully saturated rings. The Labute approximate surface area is 142 Å². The first-order valence-corrected chi connectivity index (χ1v) is 8.02. The fraction of sp³-hybridized carbons (Fsp3) is 0.316. The molecule has 0 aliphatic carbocycles. The van der Waals surface area contributed by atoms with Gasteiger partial charge in [0.05, 0.1) is 12.2 Å². The van der Waals surface area contributed by atoms with Gasteiger partial charge >= 0.3 is 0 Å². The largest absolute Gasteiger partial charge is 0.349 e. The molecular weight excluding hydrogens is 302 g/mol. The number of nitrogens with zero attached hydrogens (tertiary/aromatic N) is 1. The minimum Gasteiger partial charge on any atom is -0.349 e. The first-order valence-electron chi connectivity index (χ1n) is 8.02. The molecule has 5 nitrogen and oxygen atoms in total. The van der Waals surface area contributed by atoms with Gasteiger partial charge in [-0.3, -0.25) is 14.6 Å². The Morgan fingerprint density at radius 2 is 1.92 bits per heavy atom. The lowest BCUT2D eigenvalue weighted by atomic mass is 10.0. The van der Waals surface area contributed by atoms with E-state index in [1.54, 1.807) is 18.3 Å². The van der Waals surface area contributed by atoms with Crippen LogP contribution in [-0.2, 0) is 11.3 Å². The molecule has 24 heavy (non-hydrogen) atoms. The average Bonchev–Trinajstić information content (AvgIpc) is 2.58. The molecule has 0 aliphatic rings. The maximum absolute atomic E-state index is 12.4. The number of benzene rings is 1. The van der Waals surface area contributed by atoms with Crippen LogP contribution in [0, 0.1) is 12.8 Å². The van der Waals surface area contributed by atoms with Crippen LogP contribution in [0.1, 0.15) is 35.5 Å². The highest BCUT2D eigenvalue weighted by Gasteiger charge is 2.24. The van der Waals surface area contributed by atoms with Gasteiger partial charge in [0.25, 0.3) is 5.91 Å². The summed E-state index contributed by atoms with van der Waals surface area (Å²) in [7, 11) is 0. The molecule has 0 bridgehead atoms. The van der Waals surface area contributed by atoms with Crippen molar-refractivity contribution in [3.05, 3.63) is 65.5 Å². The number of aryl methyl sites for hydroxylation is 1. The molecule has 0 aliphatic heterocycles. The van der Waals surface area contributed by atoms with Crippen molar-refractivity contribution >= 4 is 11.8 Å². The number of amides is 2. The Kier molecular flexibility index (Phi) is 6.07. The van der Waals surface area contributed by atoms with Crippen LogP contribution >= 0.6 is 0 Å². The van der Waals surface area contributed by atoms with Crippen molar-refractivity contribution in [2.24, 2.45) is 5.92 Å². The first-order chi connectivity index (χ1) is 11.5. The Hall–Kier alpha value is -2.69. The van der Waals surface area contributed by atoms with Crippen molar-refractivity contribution in [1.82, 2.24) is 15.6 Å². The summed E-state index contributed by atoms with van der Waals surface area (Å²) in [4.78, 5) is 29.0. The normalized spacial score (nSPS) is 11.8. The molecular formula is C19H23N3O2. The van der Waals surface area contributed by atoms with E-state index in [1.165, 1.54) is 0 Å². The van der Waals surface area contributed by atoms with Crippen molar-refractivity contribution in [3.63, 3.8) is 0 Å². The van der Waals surface area contributed by atoms with Crippen LogP contribution in [0.5, 0.6) is 0 Å². The number of rotatable bonds is 6. The topological polar surface area (TPSA) is 71.1 Å². The zero-order chi connectivity index (χ0) is 17.5. The van der Waals surface area contributed by atoms with Crippen molar-refractivity contribution < 1.29 is 9.59 Å². The van der Waals surface area contributed by atoms with E-state index in [4.69, 9.17) is 0 Å². The van der Waals surface area contributed by atoms with Gasteiger partial charge in [-0.2, -0.15) is 0 Å². The van der Waals surface area contributed by atoms with Gasteiger partial charge in [-0.05, 0) is 37.1 Å². The minimum absolute atomic E-state index is 0.0255. The van der Waals surface area contributed by atoms with E-state index in [1.807, 2.05) is 51.1 Å². The molecule has 0 radical (unpaired) electrons. The van der Waals surface area contributed by atoms with Gasteiger partial charge in [0, 0.05) is 11.8 Å². The van der Waals surface area contributed by atoms with Gasteiger partial charge in [0.2, 0.25) is 5.91 Å². The smallest absolute Gasteiger partial charge is 0.251 e. The predicted octanol–water partition coefficient (Wildman–Crippen LogP) is 2.46. The highest BCUT2D eigenvalue weighted by atomic mass is 16.2. The Bertz CT molecular complexity index is 699. The molecule has 0 saturated carbocycles. The van der Waals surface area contributed by atoms with E-state index < -0.39 is 6.04 Å². The summed E-state index contributed by atoms with van der Waals surface area (Å²) in [6.07, 6.45) is 1.68. The number of carbonyl (C=O) groups excluding carboxylic acids is 2. The third kappa shape index (κ3) is 4.91. The van der Waals surface area contributed by atoms with Crippen LogP contribution in [0.25, 0.3) is 0 Å². The highest BCUT2D eigenvalue weighted by Crippen LogP contribution is 2.07. The van der Waals surface area contributed by atoms with Crippen molar-refractivity contribution in [1.29, 1.82) is 0 Å². The third-order valence-electron chi connectivity index (χ3n) is 3.69. The summed E-state index contributed by atoms with van der Waals surface area (Å²) in [5, 5.41) is 5.66. The highest BCUT2D eigenvalue weighted by molar-refractivity contribution is 5.97. The van der Waals surface area contributed by atoms with Crippen LogP contribution in [-0.4, -0.2) is 22.8 Å². The second kappa shape index (κ2) is 8.24. The second-order valence-electron chi connectivity index (χ2n) is 6.10. The Morgan fingerprint density at radius 3 is 2.54 bits per heavy atom. The van der Waals surface area contributed by atoms with E-state index in [-0.39, 0.29) is 17.7 Å². The fourth-order valence-corrected chi connectivity index (χ4v) is 2.34. The zero-order valence-electron chi connectivity index (χ0n) is 14.2. The van der Waals surface area contributed by atoms with E-state index in [0.717, 1.165) is 11.3 Å². The average molecular weight is 325 g/mol. The summed E-state index contributed by atoms with van der Waals surface area (Å²) in [5.74, 6) is -0.482. The molecule has 1 aromatic carbocycles. The molecule has 5 heteroatoms. The number of hydrogen-bond acceptors (Lipinski definition) is 3. The lowest BCUT2D eigenvalue weighted by molar-refractivity contribution is -0.124. The van der Waals surface area contributed by atoms with Crippen LogP contribution < -0.4 is 10.6 Å². The molecule has 2 rings (SSSR count). The van der Waals surface area contributed by atoms with E-state index in [0.29, 0.717) is 12.1 Å². The number of carbonyl (C=O) groups is 2. The molecule has 0 unspecified atom stereocenters. The zero-order valence-corrected chi connectivity index (χ0v) is 14.2. The summed E-state index contributed by atoms with van der Waals surface area (Å²) in [6.45, 7) is 6.07. The Balaban J connectivity index is 2.00. The van der Waals surface area contributed by atoms with Crippen molar-refractivity contribution in [3.8, 4) is 0 Å². The van der Waals surface area contributed by atoms with E-state index in [9.17, 15) is 9.59 Å². The summed E-state index contributed by atoms with van der Waals surface area (Å²) >= 11 is 0. The fourth-order valence-electron chi connectivity index (χ4n) is 2.34. The van der Waals surface area contributed by atoms with Gasteiger partial charge in [0.15, 0.2) is 0 Å². The number of hydrogen-bond donors (Lipinski definition) is 2. The van der Waals surface area contributed by atoms with Crippen molar-refractivity contribution in [2.75, 3.05) is 0 Å². The molecule has 0 saturated heterocycles. The van der Waals surface area contributed by atoms with Gasteiger partial charge in [-0.25, -0.2) is 0 Å². The first kappa shape index (κ1) is 17.7. The van der Waals surface area contributed by atoms with E-state index >= 15 is 0 Å². The number of aromatic nitrogens is 1. The van der Waals surface area contributed by atoms with Crippen LogP contribution in [0.15, 0.2) is 48.7 Å². The standard InChI is InChI=1S/C19H23N3O2/c1-13(2)17(19(24)21-12-16-9-4-5-10-20-16)22-18(23)15-8-6-7-14(3)11-15/h4-11,13,17H,12H2,1-3H3,(H,21,24)(H,22,23)/t17-/m0/s1. The molecule has 126 valence electrons. The summed E-state index contributed by atoms with van der Waals surface area (Å²) in [6, 6.07) is 12.2. The van der Waals surface area contributed by atoms with Gasteiger partial charge in [-0.15, -0.1) is 0 Å². The lowest BCUT2D eigenvalue weighted by Gasteiger charge is -2.21. The molecule has 1 aromatic heterocycles. The maximum Gasteiger partial charge on any atom is 0.251 e. The van der Waals surface area contributed by atoms with Crippen LogP contribution in [0.2, 0.25) is 0 Å². The van der Waals surface area contributed by atoms with Gasteiger partial charge in [-0.1, -0.05) is 37.6 Å². The molecule has 1 heterocycles. The molecule has 1 atom stereocenters. The summed E-state index contributed by atoms with van der Waals surface area (Å²) < 4.78 is 0. The SMILES string of the molecule is Cc1cccc(C(=O)N[C@H](C(=O)NCc2ccccn2)C(C)C)c1. The Morgan fingerprint density at radius 1 is 1.12 bits per heavy atom. The predicted molar refractivity (Wildman–Crippen MR) is 93.4 cm³/mol. The van der Waals surface area contributed by atoms with Gasteiger partial charge < -0.3 is 10.6 Å². The minimum atomic E-state index is -0.596. The van der Waals surface area contributed by atoms with E-state index in [2.05, 4.69) is 15.6 Å². The van der Waals surface area contributed by atoms with Crippen LogP contribution in [0.4, 0.5) is 0 Å². The number of pyridine rings is 1. The van der Waals surface area contributed by atoms with Gasteiger partial charge in [0.1, 0.15) is 6.04 Å². The van der Waals surface area contributed by atoms with Crippen molar-refractivity contribution in [2.45, 2.75) is 33.4 Å². The molecule has 0 spiro atoms. The monoisotopic (exact) mass is 325 g/mol. The van der Waals surface area contributed by atoms with Crippen LogP contribution in [0.3, 0.4) is 0 Å². The maximum atomic E-state index is 12.4. The molecule has 2 N–H and O–H groups in total. The summed E-state index contributed by atoms with van der Waals surface area (Å²) in [5.41, 5.74) is 2.33. The second-order valence-corrected chi connectivity index (χ2v) is 6.10. The quantitative estimate of drug-likeness (QED) is 0.857. The third-order valence-corrected chi connectivity index (χ3v) is 3.69. The number of nitrogens with one attached hydrogen (secondary N) is 2. The molecule has 2 aromatic rings. The molecule has 2 amide bonds. The lowest BCUT2D eigenvalue weighted by Crippen LogP contribution is -2.49.